The maximum absolute atomic E-state index is 12.2. The van der Waals surface area contributed by atoms with Crippen molar-refractivity contribution in [2.24, 2.45) is 9.98 Å². The monoisotopic (exact) mass is 433 g/mol. The molecule has 150 valence electrons. The number of amidine groups is 1. The average Bonchev–Trinajstić information content (AvgIpc) is 2.60. The molecule has 0 bridgehead atoms. The number of benzene rings is 2. The third-order valence-electron chi connectivity index (χ3n) is 3.52. The normalized spacial score (nSPS) is 15.3. The number of nitrogens with one attached hydrogen (secondary N) is 5. The van der Waals surface area contributed by atoms with Crippen molar-refractivity contribution in [3.8, 4) is 0 Å². The summed E-state index contributed by atoms with van der Waals surface area (Å²) in [4.78, 5) is 32.6. The Kier molecular flexibility index (Phi) is 6.53. The summed E-state index contributed by atoms with van der Waals surface area (Å²) < 4.78 is 0. The molecule has 3 rings (SSSR count). The molecule has 2 aromatic rings. The van der Waals surface area contributed by atoms with Gasteiger partial charge in [-0.3, -0.25) is 10.6 Å². The summed E-state index contributed by atoms with van der Waals surface area (Å²) in [7, 11) is 0. The summed E-state index contributed by atoms with van der Waals surface area (Å²) in [5, 5.41) is 14.2. The third kappa shape index (κ3) is 6.37. The fraction of sp³-hybridized carbons (Fsp3) is 0.111. The predicted octanol–water partition coefficient (Wildman–Crippen LogP) is 3.60. The van der Waals surface area contributed by atoms with Gasteiger partial charge in [-0.1, -0.05) is 35.3 Å². The zero-order chi connectivity index (χ0) is 20.8. The van der Waals surface area contributed by atoms with Crippen LogP contribution < -0.4 is 26.6 Å². The highest BCUT2D eigenvalue weighted by atomic mass is 35.5. The van der Waals surface area contributed by atoms with Crippen molar-refractivity contribution in [2.75, 3.05) is 10.6 Å². The Hall–Kier alpha value is -3.30. The zero-order valence-corrected chi connectivity index (χ0v) is 16.7. The molecule has 29 heavy (non-hydrogen) atoms. The standard InChI is InChI=1S/C18H17Cl2N7O2/c1-10-21-15(26-17(28)23-13-6-2-4-11(19)8-13)25-16(22-10)27-18(29)24-14-7-3-5-12(20)9-14/h2-9,15H,1H3,(H2,23,26,28)(H3,21,22,24,25,27,29). The summed E-state index contributed by atoms with van der Waals surface area (Å²) in [5.74, 6) is 0.594. The number of amides is 4. The van der Waals surface area contributed by atoms with Crippen LogP contribution in [0.2, 0.25) is 10.0 Å². The Morgan fingerprint density at radius 3 is 2.07 bits per heavy atom. The highest BCUT2D eigenvalue weighted by Crippen LogP contribution is 2.15. The van der Waals surface area contributed by atoms with Gasteiger partial charge in [0.15, 0.2) is 0 Å². The molecular weight excluding hydrogens is 417 g/mol. The first-order valence-corrected chi connectivity index (χ1v) is 9.19. The van der Waals surface area contributed by atoms with E-state index in [0.29, 0.717) is 27.3 Å². The highest BCUT2D eigenvalue weighted by Gasteiger charge is 2.18. The number of nitrogens with zero attached hydrogens (tertiary/aromatic N) is 2. The largest absolute Gasteiger partial charge is 0.326 e. The van der Waals surface area contributed by atoms with Gasteiger partial charge in [-0.2, -0.15) is 0 Å². The van der Waals surface area contributed by atoms with Crippen LogP contribution in [-0.2, 0) is 0 Å². The Morgan fingerprint density at radius 2 is 1.48 bits per heavy atom. The number of urea groups is 2. The molecule has 1 unspecified atom stereocenters. The lowest BCUT2D eigenvalue weighted by atomic mass is 10.3. The van der Waals surface area contributed by atoms with Crippen LogP contribution in [0.1, 0.15) is 6.92 Å². The fourth-order valence-corrected chi connectivity index (χ4v) is 2.77. The van der Waals surface area contributed by atoms with Gasteiger partial charge in [0.2, 0.25) is 12.2 Å². The molecule has 1 aliphatic heterocycles. The summed E-state index contributed by atoms with van der Waals surface area (Å²) in [6.45, 7) is 1.68. The smallest absolute Gasteiger partial charge is 0.314 e. The molecule has 4 amide bonds. The van der Waals surface area contributed by atoms with E-state index in [9.17, 15) is 9.59 Å². The molecule has 0 radical (unpaired) electrons. The molecule has 0 spiro atoms. The SMILES string of the molecule is CC1=NC(NC(=O)Nc2cccc(Cl)c2)N=C(NC(=O)Nc2cccc(Cl)c2)N1. The van der Waals surface area contributed by atoms with E-state index in [1.165, 1.54) is 0 Å². The topological polar surface area (TPSA) is 119 Å². The van der Waals surface area contributed by atoms with Crippen molar-refractivity contribution in [1.82, 2.24) is 16.0 Å². The van der Waals surface area contributed by atoms with Crippen molar-refractivity contribution in [1.29, 1.82) is 0 Å². The van der Waals surface area contributed by atoms with Gasteiger partial charge in [0.25, 0.3) is 0 Å². The van der Waals surface area contributed by atoms with Gasteiger partial charge in [-0.25, -0.2) is 19.6 Å². The van der Waals surface area contributed by atoms with Crippen LogP contribution in [0.4, 0.5) is 21.0 Å². The van der Waals surface area contributed by atoms with Crippen LogP contribution in [0.25, 0.3) is 0 Å². The Balaban J connectivity index is 1.59. The second kappa shape index (κ2) is 9.26. The lowest BCUT2D eigenvalue weighted by Crippen LogP contribution is -2.50. The Bertz CT molecular complexity index is 994. The van der Waals surface area contributed by atoms with E-state index < -0.39 is 18.4 Å². The van der Waals surface area contributed by atoms with Crippen LogP contribution in [0, 0.1) is 0 Å². The van der Waals surface area contributed by atoms with Crippen LogP contribution in [-0.4, -0.2) is 30.1 Å². The molecule has 0 saturated heterocycles. The third-order valence-corrected chi connectivity index (χ3v) is 3.99. The molecule has 2 aromatic carbocycles. The minimum absolute atomic E-state index is 0.130. The first-order chi connectivity index (χ1) is 13.9. The van der Waals surface area contributed by atoms with Gasteiger partial charge in [-0.15, -0.1) is 0 Å². The number of anilines is 2. The maximum Gasteiger partial charge on any atom is 0.326 e. The van der Waals surface area contributed by atoms with E-state index in [1.807, 2.05) is 0 Å². The minimum atomic E-state index is -0.920. The van der Waals surface area contributed by atoms with E-state index in [1.54, 1.807) is 55.5 Å². The number of halogens is 2. The van der Waals surface area contributed by atoms with E-state index in [2.05, 4.69) is 36.6 Å². The molecule has 0 saturated carbocycles. The van der Waals surface area contributed by atoms with E-state index in [-0.39, 0.29) is 5.96 Å². The quantitative estimate of drug-likeness (QED) is 0.508. The lowest BCUT2D eigenvalue weighted by Gasteiger charge is -2.21. The average molecular weight is 434 g/mol. The number of carbonyl (C=O) groups is 2. The van der Waals surface area contributed by atoms with Crippen molar-refractivity contribution in [2.45, 2.75) is 13.2 Å². The van der Waals surface area contributed by atoms with Crippen LogP contribution in [0.5, 0.6) is 0 Å². The minimum Gasteiger partial charge on any atom is -0.314 e. The number of carbonyl (C=O) groups excluding carboxylic acids is 2. The number of aliphatic imine (C=N–C) groups is 2. The first-order valence-electron chi connectivity index (χ1n) is 8.43. The Labute approximate surface area is 176 Å². The van der Waals surface area contributed by atoms with Crippen LogP contribution in [0.3, 0.4) is 0 Å². The number of hydrogen-bond acceptors (Lipinski definition) is 5. The van der Waals surface area contributed by atoms with Crippen molar-refractivity contribution in [3.05, 3.63) is 58.6 Å². The van der Waals surface area contributed by atoms with Gasteiger partial charge in [0, 0.05) is 21.4 Å². The van der Waals surface area contributed by atoms with Crippen molar-refractivity contribution < 1.29 is 9.59 Å². The van der Waals surface area contributed by atoms with Gasteiger partial charge >= 0.3 is 12.1 Å². The van der Waals surface area contributed by atoms with Gasteiger partial charge < -0.3 is 16.0 Å². The van der Waals surface area contributed by atoms with Crippen LogP contribution in [0.15, 0.2) is 58.5 Å². The molecule has 0 fully saturated rings. The molecule has 0 aromatic heterocycles. The molecule has 0 aliphatic carbocycles. The highest BCUT2D eigenvalue weighted by molar-refractivity contribution is 6.31. The van der Waals surface area contributed by atoms with Crippen molar-refractivity contribution >= 4 is 58.4 Å². The second-order valence-corrected chi connectivity index (χ2v) is 6.76. The number of guanidine groups is 1. The van der Waals surface area contributed by atoms with Crippen LogP contribution >= 0.6 is 23.2 Å². The number of hydrogen-bond donors (Lipinski definition) is 5. The van der Waals surface area contributed by atoms with E-state index in [0.717, 1.165) is 0 Å². The summed E-state index contributed by atoms with van der Waals surface area (Å²) in [6, 6.07) is 12.4. The lowest BCUT2D eigenvalue weighted by molar-refractivity contribution is 0.249. The van der Waals surface area contributed by atoms with Gasteiger partial charge in [0.05, 0.1) is 0 Å². The predicted molar refractivity (Wildman–Crippen MR) is 115 cm³/mol. The van der Waals surface area contributed by atoms with Gasteiger partial charge in [-0.05, 0) is 43.3 Å². The second-order valence-electron chi connectivity index (χ2n) is 5.89. The molecule has 5 N–H and O–H groups in total. The number of rotatable bonds is 3. The molecule has 9 nitrogen and oxygen atoms in total. The maximum atomic E-state index is 12.2. The summed E-state index contributed by atoms with van der Waals surface area (Å²) >= 11 is 11.8. The van der Waals surface area contributed by atoms with E-state index in [4.69, 9.17) is 23.2 Å². The summed E-state index contributed by atoms with van der Waals surface area (Å²) in [5.41, 5.74) is 1.04. The molecule has 11 heteroatoms. The van der Waals surface area contributed by atoms with E-state index >= 15 is 0 Å². The molecule has 1 aliphatic rings. The molecular formula is C18H17Cl2N7O2. The molecule has 1 heterocycles. The Morgan fingerprint density at radius 1 is 0.897 bits per heavy atom. The molecule has 1 atom stereocenters. The summed E-state index contributed by atoms with van der Waals surface area (Å²) in [6.07, 6.45) is -0.920. The first kappa shape index (κ1) is 20.4. The fourth-order valence-electron chi connectivity index (χ4n) is 2.39. The van der Waals surface area contributed by atoms with Crippen molar-refractivity contribution in [3.63, 3.8) is 0 Å². The zero-order valence-electron chi connectivity index (χ0n) is 15.2. The van der Waals surface area contributed by atoms with Gasteiger partial charge in [0.1, 0.15) is 5.84 Å².